The van der Waals surface area contributed by atoms with Crippen LogP contribution in [0.4, 0.5) is 0 Å². The first-order valence-electron chi connectivity index (χ1n) is 7.31. The van der Waals surface area contributed by atoms with Crippen molar-refractivity contribution in [2.24, 2.45) is 0 Å². The van der Waals surface area contributed by atoms with Gasteiger partial charge in [-0.2, -0.15) is 0 Å². The van der Waals surface area contributed by atoms with Crippen molar-refractivity contribution in [3.8, 4) is 0 Å². The van der Waals surface area contributed by atoms with Crippen LogP contribution in [0.5, 0.6) is 0 Å². The van der Waals surface area contributed by atoms with Gasteiger partial charge in [-0.15, -0.1) is 0 Å². The zero-order valence-electron chi connectivity index (χ0n) is 12.7. The minimum Gasteiger partial charge on any atom is -0.317 e. The van der Waals surface area contributed by atoms with E-state index in [9.17, 15) is 0 Å². The molecule has 0 amide bonds. The van der Waals surface area contributed by atoms with Crippen molar-refractivity contribution in [2.75, 3.05) is 26.2 Å². The molecule has 0 heterocycles. The molecule has 0 bridgehead atoms. The van der Waals surface area contributed by atoms with E-state index < -0.39 is 0 Å². The summed E-state index contributed by atoms with van der Waals surface area (Å²) in [4.78, 5) is 2.44. The lowest BCUT2D eigenvalue weighted by atomic mass is 10.0. The Morgan fingerprint density at radius 1 is 1.21 bits per heavy atom. The molecule has 0 unspecified atom stereocenters. The standard InChI is InChI=1S/C17H28N2/c1-5-18-12-11-16-9-7-8-10-17(16)14-19(6-2)13-15(3)4/h7-10,18H,3,5-6,11-14H2,1-2,4H3. The maximum atomic E-state index is 4.02. The Morgan fingerprint density at radius 3 is 2.47 bits per heavy atom. The summed E-state index contributed by atoms with van der Waals surface area (Å²) in [5, 5.41) is 3.40. The van der Waals surface area contributed by atoms with E-state index in [1.165, 1.54) is 16.7 Å². The highest BCUT2D eigenvalue weighted by Crippen LogP contribution is 2.13. The van der Waals surface area contributed by atoms with Crippen LogP contribution in [0.2, 0.25) is 0 Å². The maximum Gasteiger partial charge on any atom is 0.0239 e. The Hall–Kier alpha value is -1.12. The van der Waals surface area contributed by atoms with Crippen molar-refractivity contribution < 1.29 is 0 Å². The second-order valence-corrected chi connectivity index (χ2v) is 5.13. The van der Waals surface area contributed by atoms with Gasteiger partial charge in [0.25, 0.3) is 0 Å². The lowest BCUT2D eigenvalue weighted by Gasteiger charge is -2.22. The average molecular weight is 260 g/mol. The van der Waals surface area contributed by atoms with Gasteiger partial charge in [0.1, 0.15) is 0 Å². The summed E-state index contributed by atoms with van der Waals surface area (Å²) in [6, 6.07) is 8.78. The molecule has 0 radical (unpaired) electrons. The van der Waals surface area contributed by atoms with Crippen molar-refractivity contribution in [1.82, 2.24) is 10.2 Å². The minimum atomic E-state index is 0.984. The molecule has 0 saturated carbocycles. The van der Waals surface area contributed by atoms with Gasteiger partial charge in [-0.05, 0) is 44.1 Å². The molecular formula is C17H28N2. The fourth-order valence-corrected chi connectivity index (χ4v) is 2.26. The van der Waals surface area contributed by atoms with E-state index in [1.54, 1.807) is 0 Å². The molecule has 2 nitrogen and oxygen atoms in total. The first-order valence-corrected chi connectivity index (χ1v) is 7.31. The van der Waals surface area contributed by atoms with Crippen LogP contribution in [0.25, 0.3) is 0 Å². The van der Waals surface area contributed by atoms with E-state index in [-0.39, 0.29) is 0 Å². The Balaban J connectivity index is 2.67. The zero-order valence-corrected chi connectivity index (χ0v) is 12.7. The predicted octanol–water partition coefficient (Wildman–Crippen LogP) is 3.24. The number of benzene rings is 1. The van der Waals surface area contributed by atoms with Crippen LogP contribution < -0.4 is 5.32 Å². The van der Waals surface area contributed by atoms with Crippen molar-refractivity contribution in [3.63, 3.8) is 0 Å². The highest BCUT2D eigenvalue weighted by Gasteiger charge is 2.07. The summed E-state index contributed by atoms with van der Waals surface area (Å²) in [6.07, 6.45) is 1.11. The van der Waals surface area contributed by atoms with Crippen LogP contribution in [0.1, 0.15) is 31.9 Å². The molecule has 2 heteroatoms. The lowest BCUT2D eigenvalue weighted by Crippen LogP contribution is -2.25. The van der Waals surface area contributed by atoms with Crippen LogP contribution in [0.15, 0.2) is 36.4 Å². The fraction of sp³-hybridized carbons (Fsp3) is 0.529. The van der Waals surface area contributed by atoms with E-state index in [2.05, 4.69) is 61.8 Å². The maximum absolute atomic E-state index is 4.02. The van der Waals surface area contributed by atoms with Gasteiger partial charge in [-0.25, -0.2) is 0 Å². The third-order valence-electron chi connectivity index (χ3n) is 3.27. The molecular weight excluding hydrogens is 232 g/mol. The zero-order chi connectivity index (χ0) is 14.1. The summed E-state index contributed by atoms with van der Waals surface area (Å²) < 4.78 is 0. The average Bonchev–Trinajstić information content (AvgIpc) is 2.39. The van der Waals surface area contributed by atoms with E-state index in [0.29, 0.717) is 0 Å². The molecule has 106 valence electrons. The van der Waals surface area contributed by atoms with E-state index in [1.807, 2.05) is 0 Å². The summed E-state index contributed by atoms with van der Waals surface area (Å²) in [6.45, 7) is 15.6. The first kappa shape index (κ1) is 15.9. The van der Waals surface area contributed by atoms with Gasteiger partial charge in [0, 0.05) is 13.1 Å². The molecule has 0 saturated heterocycles. The number of likely N-dealkylation sites (N-methyl/N-ethyl adjacent to an activating group) is 2. The molecule has 0 spiro atoms. The summed E-state index contributed by atoms with van der Waals surface area (Å²) >= 11 is 0. The normalized spacial score (nSPS) is 10.9. The van der Waals surface area contributed by atoms with Crippen molar-refractivity contribution in [3.05, 3.63) is 47.5 Å². The third-order valence-corrected chi connectivity index (χ3v) is 3.27. The number of nitrogens with zero attached hydrogens (tertiary/aromatic N) is 1. The Kier molecular flexibility index (Phi) is 7.46. The molecule has 1 aromatic rings. The smallest absolute Gasteiger partial charge is 0.0239 e. The molecule has 0 aliphatic rings. The van der Waals surface area contributed by atoms with Gasteiger partial charge in [-0.3, -0.25) is 4.90 Å². The van der Waals surface area contributed by atoms with E-state index in [4.69, 9.17) is 0 Å². The predicted molar refractivity (Wildman–Crippen MR) is 84.5 cm³/mol. The Labute approximate surface area is 118 Å². The van der Waals surface area contributed by atoms with Crippen LogP contribution in [0, 0.1) is 0 Å². The molecule has 0 aliphatic heterocycles. The monoisotopic (exact) mass is 260 g/mol. The molecule has 1 aromatic carbocycles. The van der Waals surface area contributed by atoms with E-state index >= 15 is 0 Å². The minimum absolute atomic E-state index is 0.984. The van der Waals surface area contributed by atoms with Crippen LogP contribution in [0.3, 0.4) is 0 Å². The summed E-state index contributed by atoms with van der Waals surface area (Å²) in [7, 11) is 0. The molecule has 0 atom stereocenters. The number of nitrogens with one attached hydrogen (secondary N) is 1. The summed E-state index contributed by atoms with van der Waals surface area (Å²) in [5.74, 6) is 0. The number of hydrogen-bond acceptors (Lipinski definition) is 2. The van der Waals surface area contributed by atoms with Crippen molar-refractivity contribution in [2.45, 2.75) is 33.7 Å². The van der Waals surface area contributed by atoms with Crippen LogP contribution >= 0.6 is 0 Å². The number of rotatable bonds is 9. The second-order valence-electron chi connectivity index (χ2n) is 5.13. The van der Waals surface area contributed by atoms with Crippen molar-refractivity contribution >= 4 is 0 Å². The third kappa shape index (κ3) is 6.04. The SMILES string of the molecule is C=C(C)CN(CC)Cc1ccccc1CCNCC. The van der Waals surface area contributed by atoms with Gasteiger partial charge in [-0.1, -0.05) is 50.3 Å². The Morgan fingerprint density at radius 2 is 1.89 bits per heavy atom. The highest BCUT2D eigenvalue weighted by molar-refractivity contribution is 5.27. The highest BCUT2D eigenvalue weighted by atomic mass is 15.1. The second kappa shape index (κ2) is 8.89. The van der Waals surface area contributed by atoms with Gasteiger partial charge < -0.3 is 5.32 Å². The topological polar surface area (TPSA) is 15.3 Å². The van der Waals surface area contributed by atoms with Gasteiger partial charge >= 0.3 is 0 Å². The molecule has 1 rings (SSSR count). The van der Waals surface area contributed by atoms with Gasteiger partial charge in [0.2, 0.25) is 0 Å². The van der Waals surface area contributed by atoms with Crippen molar-refractivity contribution in [1.29, 1.82) is 0 Å². The molecule has 1 N–H and O–H groups in total. The van der Waals surface area contributed by atoms with E-state index in [0.717, 1.165) is 39.1 Å². The van der Waals surface area contributed by atoms with Gasteiger partial charge in [0.15, 0.2) is 0 Å². The van der Waals surface area contributed by atoms with Gasteiger partial charge in [0.05, 0.1) is 0 Å². The van der Waals surface area contributed by atoms with Crippen LogP contribution in [-0.2, 0) is 13.0 Å². The van der Waals surface area contributed by atoms with Crippen LogP contribution in [-0.4, -0.2) is 31.1 Å². The Bertz CT molecular complexity index is 385. The molecule has 0 aliphatic carbocycles. The fourth-order valence-electron chi connectivity index (χ4n) is 2.26. The molecule has 0 aromatic heterocycles. The molecule has 19 heavy (non-hydrogen) atoms. The summed E-state index contributed by atoms with van der Waals surface area (Å²) in [5.41, 5.74) is 4.14. The lowest BCUT2D eigenvalue weighted by molar-refractivity contribution is 0.303. The largest absolute Gasteiger partial charge is 0.317 e. The molecule has 0 fully saturated rings. The number of hydrogen-bond donors (Lipinski definition) is 1. The quantitative estimate of drug-likeness (QED) is 0.542. The first-order chi connectivity index (χ1) is 9.17.